The number of fused-ring (bicyclic) bond motifs is 2. The zero-order valence-electron chi connectivity index (χ0n) is 9.61. The van der Waals surface area contributed by atoms with Crippen molar-refractivity contribution in [1.29, 1.82) is 0 Å². The van der Waals surface area contributed by atoms with E-state index in [1.54, 1.807) is 0 Å². The van der Waals surface area contributed by atoms with Crippen LogP contribution in [-0.4, -0.2) is 49.8 Å². The monoisotopic (exact) mass is 210 g/mol. The van der Waals surface area contributed by atoms with Crippen LogP contribution in [0.5, 0.6) is 0 Å². The Morgan fingerprint density at radius 3 is 2.87 bits per heavy atom. The van der Waals surface area contributed by atoms with Crippen molar-refractivity contribution in [3.63, 3.8) is 0 Å². The highest BCUT2D eigenvalue weighted by atomic mass is 16.5. The summed E-state index contributed by atoms with van der Waals surface area (Å²) in [4.78, 5) is 2.60. The average Bonchev–Trinajstić information content (AvgIpc) is 2.92. The highest BCUT2D eigenvalue weighted by Gasteiger charge is 2.40. The average molecular weight is 210 g/mol. The maximum absolute atomic E-state index is 5.41. The van der Waals surface area contributed by atoms with Gasteiger partial charge >= 0.3 is 0 Å². The molecule has 3 saturated heterocycles. The molecule has 3 rings (SSSR count). The van der Waals surface area contributed by atoms with Gasteiger partial charge in [-0.25, -0.2) is 0 Å². The second kappa shape index (κ2) is 4.04. The van der Waals surface area contributed by atoms with Crippen molar-refractivity contribution in [1.82, 2.24) is 10.2 Å². The van der Waals surface area contributed by atoms with E-state index < -0.39 is 0 Å². The van der Waals surface area contributed by atoms with Gasteiger partial charge < -0.3 is 15.0 Å². The van der Waals surface area contributed by atoms with Crippen LogP contribution in [-0.2, 0) is 4.74 Å². The zero-order chi connectivity index (χ0) is 10.3. The van der Waals surface area contributed by atoms with E-state index in [1.165, 1.54) is 38.8 Å². The van der Waals surface area contributed by atoms with Crippen molar-refractivity contribution < 1.29 is 4.74 Å². The Hall–Kier alpha value is -0.120. The topological polar surface area (TPSA) is 24.5 Å². The van der Waals surface area contributed by atoms with Gasteiger partial charge in [-0.2, -0.15) is 0 Å². The number of hydrogen-bond donors (Lipinski definition) is 1. The number of ether oxygens (including phenoxy) is 1. The number of methoxy groups -OCH3 is 1. The van der Waals surface area contributed by atoms with E-state index in [9.17, 15) is 0 Å². The zero-order valence-corrected chi connectivity index (χ0v) is 9.61. The molecule has 0 aromatic heterocycles. The third-order valence-corrected chi connectivity index (χ3v) is 4.49. The lowest BCUT2D eigenvalue weighted by Gasteiger charge is -2.25. The highest BCUT2D eigenvalue weighted by molar-refractivity contribution is 4.98. The lowest BCUT2D eigenvalue weighted by molar-refractivity contribution is 0.105. The highest BCUT2D eigenvalue weighted by Crippen LogP contribution is 2.34. The summed E-state index contributed by atoms with van der Waals surface area (Å²) in [5.74, 6) is 0.916. The first-order valence-corrected chi connectivity index (χ1v) is 6.36. The smallest absolute Gasteiger partial charge is 0.0710 e. The predicted molar refractivity (Wildman–Crippen MR) is 59.9 cm³/mol. The molecular formula is C12H22N2O. The Morgan fingerprint density at radius 1 is 1.33 bits per heavy atom. The van der Waals surface area contributed by atoms with Crippen LogP contribution in [0.2, 0.25) is 0 Å². The van der Waals surface area contributed by atoms with Crippen LogP contribution < -0.4 is 5.32 Å². The number of nitrogens with zero attached hydrogens (tertiary/aromatic N) is 1. The summed E-state index contributed by atoms with van der Waals surface area (Å²) in [7, 11) is 1.84. The molecule has 2 bridgehead atoms. The SMILES string of the molecule is COC1CCN(CC2CC3CCC2N3)C1. The Labute approximate surface area is 92.2 Å². The molecule has 0 radical (unpaired) electrons. The molecule has 3 heterocycles. The summed E-state index contributed by atoms with van der Waals surface area (Å²) >= 11 is 0. The van der Waals surface area contributed by atoms with Crippen LogP contribution in [0, 0.1) is 5.92 Å². The first-order valence-electron chi connectivity index (χ1n) is 6.36. The number of likely N-dealkylation sites (tertiary alicyclic amines) is 1. The van der Waals surface area contributed by atoms with Gasteiger partial charge in [-0.15, -0.1) is 0 Å². The Balaban J connectivity index is 1.50. The summed E-state index contributed by atoms with van der Waals surface area (Å²) in [6, 6.07) is 1.68. The summed E-state index contributed by atoms with van der Waals surface area (Å²) in [5.41, 5.74) is 0. The molecular weight excluding hydrogens is 188 g/mol. The first kappa shape index (κ1) is 10.1. The second-order valence-corrected chi connectivity index (χ2v) is 5.45. The van der Waals surface area contributed by atoms with Crippen LogP contribution in [0.4, 0.5) is 0 Å². The minimum atomic E-state index is 0.497. The van der Waals surface area contributed by atoms with Crippen molar-refractivity contribution >= 4 is 0 Å². The van der Waals surface area contributed by atoms with Crippen LogP contribution in [0.1, 0.15) is 25.7 Å². The van der Waals surface area contributed by atoms with E-state index in [-0.39, 0.29) is 0 Å². The summed E-state index contributed by atoms with van der Waals surface area (Å²) in [5, 5.41) is 3.72. The Bertz CT molecular complexity index is 234. The summed E-state index contributed by atoms with van der Waals surface area (Å²) in [6.45, 7) is 3.70. The van der Waals surface area contributed by atoms with E-state index in [0.717, 1.165) is 24.5 Å². The maximum Gasteiger partial charge on any atom is 0.0710 e. The van der Waals surface area contributed by atoms with Crippen LogP contribution in [0.25, 0.3) is 0 Å². The van der Waals surface area contributed by atoms with Crippen molar-refractivity contribution in [2.45, 2.75) is 43.9 Å². The van der Waals surface area contributed by atoms with Gasteiger partial charge in [0.05, 0.1) is 6.10 Å². The van der Waals surface area contributed by atoms with Crippen LogP contribution in [0.3, 0.4) is 0 Å². The molecule has 0 saturated carbocycles. The lowest BCUT2D eigenvalue weighted by atomic mass is 9.89. The van der Waals surface area contributed by atoms with Crippen LogP contribution >= 0.6 is 0 Å². The van der Waals surface area contributed by atoms with E-state index in [4.69, 9.17) is 4.74 Å². The normalized spacial score (nSPS) is 45.4. The largest absolute Gasteiger partial charge is 0.380 e. The van der Waals surface area contributed by atoms with Crippen LogP contribution in [0.15, 0.2) is 0 Å². The summed E-state index contributed by atoms with van der Waals surface area (Å²) in [6.07, 6.45) is 5.97. The quantitative estimate of drug-likeness (QED) is 0.747. The van der Waals surface area contributed by atoms with E-state index >= 15 is 0 Å². The van der Waals surface area contributed by atoms with E-state index in [1.807, 2.05) is 7.11 Å². The molecule has 3 aliphatic rings. The van der Waals surface area contributed by atoms with Gasteiger partial charge in [-0.3, -0.25) is 0 Å². The summed E-state index contributed by atoms with van der Waals surface area (Å²) < 4.78 is 5.41. The lowest BCUT2D eigenvalue weighted by Crippen LogP contribution is -2.34. The number of hydrogen-bond acceptors (Lipinski definition) is 3. The van der Waals surface area contributed by atoms with Gasteiger partial charge in [0.2, 0.25) is 0 Å². The number of nitrogens with one attached hydrogen (secondary N) is 1. The van der Waals surface area contributed by atoms with E-state index in [0.29, 0.717) is 6.10 Å². The van der Waals surface area contributed by atoms with E-state index in [2.05, 4.69) is 10.2 Å². The molecule has 0 spiro atoms. The van der Waals surface area contributed by atoms with Crippen molar-refractivity contribution in [2.75, 3.05) is 26.7 Å². The fourth-order valence-electron chi connectivity index (χ4n) is 3.63. The van der Waals surface area contributed by atoms with Gasteiger partial charge in [0.1, 0.15) is 0 Å². The molecule has 1 N–H and O–H groups in total. The van der Waals surface area contributed by atoms with Gasteiger partial charge in [0, 0.05) is 38.8 Å². The predicted octanol–water partition coefficient (Wildman–Crippen LogP) is 0.848. The minimum absolute atomic E-state index is 0.497. The standard InChI is InChI=1S/C12H22N2O/c1-15-11-4-5-14(8-11)7-9-6-10-2-3-12(9)13-10/h9-13H,2-8H2,1H3. The third kappa shape index (κ3) is 1.93. The molecule has 3 aliphatic heterocycles. The molecule has 4 unspecified atom stereocenters. The molecule has 15 heavy (non-hydrogen) atoms. The molecule has 0 aliphatic carbocycles. The molecule has 3 heteroatoms. The maximum atomic E-state index is 5.41. The van der Waals surface area contributed by atoms with Crippen molar-refractivity contribution in [3.8, 4) is 0 Å². The van der Waals surface area contributed by atoms with Gasteiger partial charge in [0.15, 0.2) is 0 Å². The first-order chi connectivity index (χ1) is 7.35. The molecule has 0 aromatic carbocycles. The van der Waals surface area contributed by atoms with Gasteiger partial charge in [0.25, 0.3) is 0 Å². The minimum Gasteiger partial charge on any atom is -0.380 e. The Morgan fingerprint density at radius 2 is 2.27 bits per heavy atom. The molecule has 0 amide bonds. The van der Waals surface area contributed by atoms with Crippen molar-refractivity contribution in [3.05, 3.63) is 0 Å². The second-order valence-electron chi connectivity index (χ2n) is 5.45. The number of rotatable bonds is 3. The van der Waals surface area contributed by atoms with Gasteiger partial charge in [-0.1, -0.05) is 0 Å². The van der Waals surface area contributed by atoms with Crippen molar-refractivity contribution in [2.24, 2.45) is 5.92 Å². The molecule has 3 nitrogen and oxygen atoms in total. The fraction of sp³-hybridized carbons (Fsp3) is 1.00. The molecule has 86 valence electrons. The molecule has 3 fully saturated rings. The molecule has 4 atom stereocenters. The third-order valence-electron chi connectivity index (χ3n) is 4.49. The molecule has 0 aromatic rings. The van der Waals surface area contributed by atoms with Gasteiger partial charge in [-0.05, 0) is 31.6 Å². The Kier molecular flexibility index (Phi) is 2.71. The fourth-order valence-corrected chi connectivity index (χ4v) is 3.63.